The fraction of sp³-hybridized carbons (Fsp3) is 0.381. The summed E-state index contributed by atoms with van der Waals surface area (Å²) in [7, 11) is 0. The molecule has 1 aromatic carbocycles. The number of benzene rings is 1. The summed E-state index contributed by atoms with van der Waals surface area (Å²) in [6, 6.07) is 8.55. The van der Waals surface area contributed by atoms with Crippen molar-refractivity contribution in [2.75, 3.05) is 13.1 Å². The number of amides is 1. The van der Waals surface area contributed by atoms with E-state index in [2.05, 4.69) is 51.5 Å². The van der Waals surface area contributed by atoms with Crippen molar-refractivity contribution in [3.05, 3.63) is 59.8 Å². The molecule has 7 heteroatoms. The molecule has 1 saturated heterocycles. The molecule has 1 aliphatic heterocycles. The van der Waals surface area contributed by atoms with Crippen molar-refractivity contribution in [2.45, 2.75) is 39.2 Å². The summed E-state index contributed by atoms with van der Waals surface area (Å²) in [5.74, 6) is 0.755. The van der Waals surface area contributed by atoms with Gasteiger partial charge in [-0.15, -0.1) is 5.10 Å². The number of nitrogens with zero attached hydrogens (tertiary/aromatic N) is 6. The number of carbonyl (C=O) groups is 1. The van der Waals surface area contributed by atoms with Gasteiger partial charge in [0, 0.05) is 37.5 Å². The largest absolute Gasteiger partial charge is 0.338 e. The zero-order valence-corrected chi connectivity index (χ0v) is 16.2. The highest BCUT2D eigenvalue weighted by Crippen LogP contribution is 2.25. The van der Waals surface area contributed by atoms with E-state index in [9.17, 15) is 4.79 Å². The molecule has 144 valence electrons. The minimum absolute atomic E-state index is 0.0000350. The second-order valence-electron chi connectivity index (χ2n) is 7.21. The van der Waals surface area contributed by atoms with Crippen LogP contribution in [0.1, 0.15) is 47.6 Å². The number of carbonyl (C=O) groups excluding carboxylic acids is 1. The summed E-state index contributed by atoms with van der Waals surface area (Å²) < 4.78 is 1.94. The zero-order valence-electron chi connectivity index (χ0n) is 16.2. The first-order valence-electron chi connectivity index (χ1n) is 9.73. The molecule has 3 aromatic rings. The number of hydrogen-bond donors (Lipinski definition) is 0. The van der Waals surface area contributed by atoms with E-state index in [-0.39, 0.29) is 11.9 Å². The predicted molar refractivity (Wildman–Crippen MR) is 106 cm³/mol. The van der Waals surface area contributed by atoms with E-state index in [0.717, 1.165) is 36.3 Å². The van der Waals surface area contributed by atoms with Crippen LogP contribution in [0.25, 0.3) is 11.3 Å². The highest BCUT2D eigenvalue weighted by Gasteiger charge is 2.25. The first-order valence-corrected chi connectivity index (χ1v) is 9.73. The second kappa shape index (κ2) is 7.88. The molecule has 7 nitrogen and oxygen atoms in total. The fourth-order valence-corrected chi connectivity index (χ4v) is 3.48. The van der Waals surface area contributed by atoms with Gasteiger partial charge in [-0.1, -0.05) is 42.0 Å². The maximum absolute atomic E-state index is 12.7. The molecule has 0 atom stereocenters. The third kappa shape index (κ3) is 3.78. The van der Waals surface area contributed by atoms with Crippen molar-refractivity contribution in [3.63, 3.8) is 0 Å². The quantitative estimate of drug-likeness (QED) is 0.699. The Hall–Kier alpha value is -3.09. The molecule has 0 radical (unpaired) electrons. The van der Waals surface area contributed by atoms with Crippen LogP contribution in [0.2, 0.25) is 0 Å². The molecule has 0 bridgehead atoms. The number of likely N-dealkylation sites (tertiary alicyclic amines) is 1. The van der Waals surface area contributed by atoms with Crippen molar-refractivity contribution in [3.8, 4) is 11.3 Å². The Kier molecular flexibility index (Phi) is 5.14. The van der Waals surface area contributed by atoms with Crippen LogP contribution in [-0.4, -0.2) is 48.9 Å². The molecule has 1 fully saturated rings. The fourth-order valence-electron chi connectivity index (χ4n) is 3.48. The van der Waals surface area contributed by atoms with Crippen LogP contribution >= 0.6 is 0 Å². The minimum Gasteiger partial charge on any atom is -0.338 e. The van der Waals surface area contributed by atoms with Gasteiger partial charge in [0.15, 0.2) is 0 Å². The summed E-state index contributed by atoms with van der Waals surface area (Å²) in [6.07, 6.45) is 7.75. The molecule has 2 aromatic heterocycles. The Morgan fingerprint density at radius 3 is 2.43 bits per heavy atom. The Balaban J connectivity index is 1.38. The predicted octanol–water partition coefficient (Wildman–Crippen LogP) is 3.08. The van der Waals surface area contributed by atoms with Crippen molar-refractivity contribution in [2.24, 2.45) is 0 Å². The summed E-state index contributed by atoms with van der Waals surface area (Å²) in [5, 5.41) is 8.65. The normalized spacial score (nSPS) is 15.0. The first-order chi connectivity index (χ1) is 13.6. The van der Waals surface area contributed by atoms with Crippen molar-refractivity contribution >= 4 is 5.91 Å². The molecule has 1 amide bonds. The van der Waals surface area contributed by atoms with Crippen LogP contribution in [0.5, 0.6) is 0 Å². The van der Waals surface area contributed by atoms with Gasteiger partial charge in [-0.05, 0) is 19.8 Å². The Bertz CT molecular complexity index is 940. The van der Waals surface area contributed by atoms with E-state index < -0.39 is 0 Å². The number of rotatable bonds is 4. The van der Waals surface area contributed by atoms with E-state index in [1.807, 2.05) is 22.7 Å². The van der Waals surface area contributed by atoms with E-state index in [1.54, 1.807) is 12.4 Å². The van der Waals surface area contributed by atoms with Gasteiger partial charge < -0.3 is 4.90 Å². The van der Waals surface area contributed by atoms with Crippen LogP contribution in [0.4, 0.5) is 0 Å². The van der Waals surface area contributed by atoms with Crippen LogP contribution < -0.4 is 0 Å². The summed E-state index contributed by atoms with van der Waals surface area (Å²) in [4.78, 5) is 23.0. The summed E-state index contributed by atoms with van der Waals surface area (Å²) in [6.45, 7) is 5.45. The highest BCUT2D eigenvalue weighted by molar-refractivity contribution is 5.93. The molecule has 1 aliphatic rings. The molecule has 4 rings (SSSR count). The van der Waals surface area contributed by atoms with E-state index in [4.69, 9.17) is 0 Å². The average Bonchev–Trinajstić information content (AvgIpc) is 3.24. The van der Waals surface area contributed by atoms with E-state index in [0.29, 0.717) is 18.7 Å². The van der Waals surface area contributed by atoms with Gasteiger partial charge in [0.2, 0.25) is 0 Å². The van der Waals surface area contributed by atoms with Crippen molar-refractivity contribution in [1.82, 2.24) is 29.9 Å². The molecule has 3 heterocycles. The Labute approximate surface area is 164 Å². The number of piperidine rings is 1. The van der Waals surface area contributed by atoms with E-state index in [1.165, 1.54) is 5.56 Å². The lowest BCUT2D eigenvalue weighted by Crippen LogP contribution is -2.39. The van der Waals surface area contributed by atoms with Crippen LogP contribution in [0.15, 0.2) is 42.9 Å². The SMILES string of the molecule is CCc1ncc(C(=O)N2CCC(n3cc(-c4ccc(C)cc4)nn3)CC2)cn1. The topological polar surface area (TPSA) is 76.8 Å². The number of aromatic nitrogens is 5. The molecule has 0 N–H and O–H groups in total. The highest BCUT2D eigenvalue weighted by atomic mass is 16.2. The van der Waals surface area contributed by atoms with Gasteiger partial charge in [-0.25, -0.2) is 14.6 Å². The van der Waals surface area contributed by atoms with Crippen LogP contribution in [-0.2, 0) is 6.42 Å². The minimum atomic E-state index is 0.0000350. The molecular weight excluding hydrogens is 352 g/mol. The monoisotopic (exact) mass is 376 g/mol. The first kappa shape index (κ1) is 18.3. The average molecular weight is 376 g/mol. The maximum Gasteiger partial charge on any atom is 0.256 e. The van der Waals surface area contributed by atoms with Crippen molar-refractivity contribution in [1.29, 1.82) is 0 Å². The molecule has 0 spiro atoms. The van der Waals surface area contributed by atoms with Crippen molar-refractivity contribution < 1.29 is 4.79 Å². The van der Waals surface area contributed by atoms with E-state index >= 15 is 0 Å². The van der Waals surface area contributed by atoms with Gasteiger partial charge in [0.1, 0.15) is 11.5 Å². The summed E-state index contributed by atoms with van der Waals surface area (Å²) >= 11 is 0. The third-order valence-electron chi connectivity index (χ3n) is 5.25. The van der Waals surface area contributed by atoms with Gasteiger partial charge in [-0.3, -0.25) is 4.79 Å². The maximum atomic E-state index is 12.7. The standard InChI is InChI=1S/C21H24N6O/c1-3-20-22-12-17(13-23-20)21(28)26-10-8-18(9-11-26)27-14-19(24-25-27)16-6-4-15(2)5-7-16/h4-7,12-14,18H,3,8-11H2,1-2H3. The van der Waals surface area contributed by atoms with Gasteiger partial charge >= 0.3 is 0 Å². The Morgan fingerprint density at radius 2 is 1.79 bits per heavy atom. The summed E-state index contributed by atoms with van der Waals surface area (Å²) in [5.41, 5.74) is 3.73. The molecule has 0 saturated carbocycles. The second-order valence-corrected chi connectivity index (χ2v) is 7.21. The lowest BCUT2D eigenvalue weighted by molar-refractivity contribution is 0.0688. The van der Waals surface area contributed by atoms with Gasteiger partial charge in [-0.2, -0.15) is 0 Å². The smallest absolute Gasteiger partial charge is 0.256 e. The van der Waals surface area contributed by atoms with Crippen LogP contribution in [0, 0.1) is 6.92 Å². The molecule has 0 unspecified atom stereocenters. The number of hydrogen-bond acceptors (Lipinski definition) is 5. The van der Waals surface area contributed by atoms with Gasteiger partial charge in [0.25, 0.3) is 5.91 Å². The lowest BCUT2D eigenvalue weighted by Gasteiger charge is -2.31. The van der Waals surface area contributed by atoms with Gasteiger partial charge in [0.05, 0.1) is 17.8 Å². The van der Waals surface area contributed by atoms with Crippen LogP contribution in [0.3, 0.4) is 0 Å². The molecule has 0 aliphatic carbocycles. The zero-order chi connectivity index (χ0) is 19.5. The number of aryl methyl sites for hydroxylation is 2. The molecule has 28 heavy (non-hydrogen) atoms. The Morgan fingerprint density at radius 1 is 1.11 bits per heavy atom. The molecular formula is C21H24N6O. The third-order valence-corrected chi connectivity index (χ3v) is 5.25. The lowest BCUT2D eigenvalue weighted by atomic mass is 10.0.